The highest BCUT2D eigenvalue weighted by molar-refractivity contribution is 7.99. The fourth-order valence-corrected chi connectivity index (χ4v) is 3.87. The third kappa shape index (κ3) is 4.29. The molecule has 0 saturated carbocycles. The molecule has 27 heavy (non-hydrogen) atoms. The zero-order valence-corrected chi connectivity index (χ0v) is 17.1. The van der Waals surface area contributed by atoms with E-state index < -0.39 is 0 Å². The summed E-state index contributed by atoms with van der Waals surface area (Å²) >= 11 is 7.62. The van der Waals surface area contributed by atoms with Crippen molar-refractivity contribution in [3.63, 3.8) is 0 Å². The molecule has 0 radical (unpaired) electrons. The summed E-state index contributed by atoms with van der Waals surface area (Å²) in [4.78, 5) is 18.0. The Hall–Kier alpha value is -2.02. The molecule has 0 N–H and O–H groups in total. The highest BCUT2D eigenvalue weighted by Crippen LogP contribution is 2.29. The number of aryl methyl sites for hydroxylation is 1. The maximum atomic E-state index is 13.3. The molecule has 1 heterocycles. The second-order valence-corrected chi connectivity index (χ2v) is 7.57. The van der Waals surface area contributed by atoms with Crippen LogP contribution in [-0.4, -0.2) is 36.1 Å². The molecule has 0 atom stereocenters. The predicted molar refractivity (Wildman–Crippen MR) is 111 cm³/mol. The van der Waals surface area contributed by atoms with Crippen molar-refractivity contribution in [2.24, 2.45) is 0 Å². The maximum Gasteiger partial charge on any atom is 0.266 e. The highest BCUT2D eigenvalue weighted by Gasteiger charge is 2.17. The van der Waals surface area contributed by atoms with Crippen molar-refractivity contribution >= 4 is 34.3 Å². The first-order valence-corrected chi connectivity index (χ1v) is 9.90. The van der Waals surface area contributed by atoms with Gasteiger partial charge in [0, 0.05) is 24.5 Å². The lowest BCUT2D eigenvalue weighted by Gasteiger charge is -2.16. The number of halogens is 1. The Bertz CT molecular complexity index is 1020. The Kier molecular flexibility index (Phi) is 6.42. The van der Waals surface area contributed by atoms with Crippen molar-refractivity contribution in [2.75, 3.05) is 26.6 Å². The van der Waals surface area contributed by atoms with E-state index in [0.29, 0.717) is 39.1 Å². The fourth-order valence-electron chi connectivity index (χ4n) is 2.79. The van der Waals surface area contributed by atoms with Gasteiger partial charge in [-0.05, 0) is 49.2 Å². The molecule has 7 heteroatoms. The van der Waals surface area contributed by atoms with Gasteiger partial charge in [-0.25, -0.2) is 4.98 Å². The van der Waals surface area contributed by atoms with E-state index in [1.165, 1.54) is 11.8 Å². The number of rotatable bonds is 7. The summed E-state index contributed by atoms with van der Waals surface area (Å²) < 4.78 is 12.2. The van der Waals surface area contributed by atoms with Gasteiger partial charge in [0.05, 0.1) is 23.7 Å². The lowest BCUT2D eigenvalue weighted by atomic mass is 10.2. The van der Waals surface area contributed by atoms with Crippen LogP contribution >= 0.6 is 23.4 Å². The van der Waals surface area contributed by atoms with E-state index in [2.05, 4.69) is 0 Å². The largest absolute Gasteiger partial charge is 0.495 e. The smallest absolute Gasteiger partial charge is 0.266 e. The molecule has 3 rings (SSSR count). The number of nitrogens with zero attached hydrogens (tertiary/aromatic N) is 2. The molecule has 0 aliphatic carbocycles. The van der Waals surface area contributed by atoms with Gasteiger partial charge in [0.25, 0.3) is 5.56 Å². The van der Waals surface area contributed by atoms with E-state index in [-0.39, 0.29) is 5.56 Å². The van der Waals surface area contributed by atoms with E-state index in [0.717, 1.165) is 17.7 Å². The lowest BCUT2D eigenvalue weighted by molar-refractivity contribution is 0.200. The number of thioether (sulfide) groups is 1. The third-order valence-electron chi connectivity index (χ3n) is 4.10. The van der Waals surface area contributed by atoms with Crippen LogP contribution < -0.4 is 10.3 Å². The monoisotopic (exact) mass is 404 g/mol. The molecule has 0 saturated heterocycles. The molecule has 0 spiro atoms. The normalized spacial score (nSPS) is 11.1. The summed E-state index contributed by atoms with van der Waals surface area (Å²) in [6.45, 7) is 2.64. The Morgan fingerprint density at radius 1 is 1.19 bits per heavy atom. The number of ether oxygens (including phenoxy) is 2. The van der Waals surface area contributed by atoms with Crippen molar-refractivity contribution in [3.8, 4) is 11.4 Å². The average molecular weight is 405 g/mol. The topological polar surface area (TPSA) is 53.3 Å². The van der Waals surface area contributed by atoms with Gasteiger partial charge in [0.2, 0.25) is 0 Å². The lowest BCUT2D eigenvalue weighted by Crippen LogP contribution is -2.22. The van der Waals surface area contributed by atoms with Crippen molar-refractivity contribution in [1.29, 1.82) is 0 Å². The van der Waals surface area contributed by atoms with Crippen molar-refractivity contribution in [1.82, 2.24) is 9.55 Å². The van der Waals surface area contributed by atoms with Gasteiger partial charge in [-0.1, -0.05) is 29.4 Å². The summed E-state index contributed by atoms with van der Waals surface area (Å²) in [5.74, 6) is 1.40. The van der Waals surface area contributed by atoms with Gasteiger partial charge in [-0.15, -0.1) is 0 Å². The average Bonchev–Trinajstić information content (AvgIpc) is 2.65. The van der Waals surface area contributed by atoms with Crippen LogP contribution in [0.1, 0.15) is 12.0 Å². The summed E-state index contributed by atoms with van der Waals surface area (Å²) in [5, 5.41) is 1.68. The van der Waals surface area contributed by atoms with Crippen LogP contribution in [0.15, 0.2) is 46.3 Å². The number of benzene rings is 2. The number of aromatic nitrogens is 2. The third-order valence-corrected chi connectivity index (χ3v) is 5.36. The van der Waals surface area contributed by atoms with Crippen LogP contribution in [0.5, 0.6) is 5.75 Å². The van der Waals surface area contributed by atoms with Crippen LogP contribution in [0.2, 0.25) is 5.02 Å². The van der Waals surface area contributed by atoms with Crippen molar-refractivity contribution < 1.29 is 9.47 Å². The molecule has 0 amide bonds. The Morgan fingerprint density at radius 3 is 2.74 bits per heavy atom. The van der Waals surface area contributed by atoms with Crippen LogP contribution in [0.25, 0.3) is 16.6 Å². The Balaban J connectivity index is 2.22. The number of hydrogen-bond donors (Lipinski definition) is 0. The molecule has 0 bridgehead atoms. The number of hydrogen-bond acceptors (Lipinski definition) is 5. The van der Waals surface area contributed by atoms with Gasteiger partial charge in [0.15, 0.2) is 5.16 Å². The molecule has 0 aliphatic heterocycles. The van der Waals surface area contributed by atoms with Gasteiger partial charge in [-0.3, -0.25) is 9.36 Å². The first-order valence-electron chi connectivity index (χ1n) is 8.54. The summed E-state index contributed by atoms with van der Waals surface area (Å²) in [7, 11) is 3.27. The van der Waals surface area contributed by atoms with Gasteiger partial charge in [0.1, 0.15) is 5.75 Å². The van der Waals surface area contributed by atoms with Crippen molar-refractivity contribution in [2.45, 2.75) is 18.5 Å². The second kappa shape index (κ2) is 8.78. The first-order chi connectivity index (χ1) is 13.0. The summed E-state index contributed by atoms with van der Waals surface area (Å²) in [6, 6.07) is 10.9. The van der Waals surface area contributed by atoms with Crippen molar-refractivity contribution in [3.05, 3.63) is 57.3 Å². The van der Waals surface area contributed by atoms with E-state index in [9.17, 15) is 4.79 Å². The SMILES string of the molecule is COCCCSc1nc2cc(Cl)ccc2c(=O)n1-c1cc(C)ccc1OC. The first kappa shape index (κ1) is 19.7. The zero-order valence-electron chi connectivity index (χ0n) is 15.5. The molecule has 0 aliphatic rings. The molecule has 0 fully saturated rings. The molecule has 3 aromatic rings. The molecule has 0 unspecified atom stereocenters. The molecule has 5 nitrogen and oxygen atoms in total. The molecular weight excluding hydrogens is 384 g/mol. The van der Waals surface area contributed by atoms with Gasteiger partial charge >= 0.3 is 0 Å². The number of fused-ring (bicyclic) bond motifs is 1. The summed E-state index contributed by atoms with van der Waals surface area (Å²) in [6.07, 6.45) is 0.857. The highest BCUT2D eigenvalue weighted by atomic mass is 35.5. The van der Waals surface area contributed by atoms with Crippen LogP contribution in [-0.2, 0) is 4.74 Å². The van der Waals surface area contributed by atoms with Crippen LogP contribution in [0, 0.1) is 6.92 Å². The van der Waals surface area contributed by atoms with Crippen LogP contribution in [0.3, 0.4) is 0 Å². The molecular formula is C20H21ClN2O3S. The Morgan fingerprint density at radius 2 is 2.00 bits per heavy atom. The fraction of sp³-hybridized carbons (Fsp3) is 0.300. The predicted octanol–water partition coefficient (Wildman–Crippen LogP) is 4.48. The summed E-state index contributed by atoms with van der Waals surface area (Å²) in [5.41, 5.74) is 2.16. The second-order valence-electron chi connectivity index (χ2n) is 6.07. The zero-order chi connectivity index (χ0) is 19.4. The van der Waals surface area contributed by atoms with E-state index >= 15 is 0 Å². The molecule has 2 aromatic carbocycles. The van der Waals surface area contributed by atoms with Crippen LogP contribution in [0.4, 0.5) is 0 Å². The van der Waals surface area contributed by atoms with E-state index in [4.69, 9.17) is 26.1 Å². The van der Waals surface area contributed by atoms with Gasteiger partial charge < -0.3 is 9.47 Å². The van der Waals surface area contributed by atoms with E-state index in [1.54, 1.807) is 37.0 Å². The van der Waals surface area contributed by atoms with E-state index in [1.807, 2.05) is 25.1 Å². The minimum absolute atomic E-state index is 0.144. The minimum atomic E-state index is -0.144. The Labute approximate surface area is 167 Å². The molecule has 142 valence electrons. The number of methoxy groups -OCH3 is 2. The van der Waals surface area contributed by atoms with Gasteiger partial charge in [-0.2, -0.15) is 0 Å². The molecule has 1 aromatic heterocycles. The quantitative estimate of drug-likeness (QED) is 0.330. The maximum absolute atomic E-state index is 13.3. The minimum Gasteiger partial charge on any atom is -0.495 e. The standard InChI is InChI=1S/C20H21ClN2O3S/c1-13-5-8-18(26-3)17(11-13)23-19(24)15-7-6-14(21)12-16(15)22-20(23)27-10-4-9-25-2/h5-8,11-12H,4,9-10H2,1-3H3.